The van der Waals surface area contributed by atoms with E-state index in [1.165, 1.54) is 44.9 Å². The number of rotatable bonds is 7. The van der Waals surface area contributed by atoms with Crippen LogP contribution in [0.25, 0.3) is 0 Å². The van der Waals surface area contributed by atoms with Crippen LogP contribution in [0, 0.1) is 51.2 Å². The molecular weight excluding hydrogens is 517 g/mol. The summed E-state index contributed by atoms with van der Waals surface area (Å²) < 4.78 is 30.8. The Morgan fingerprint density at radius 1 is 0.900 bits per heavy atom. The van der Waals surface area contributed by atoms with E-state index < -0.39 is 7.82 Å². The third kappa shape index (κ3) is 4.66. The van der Waals surface area contributed by atoms with Crippen molar-refractivity contribution in [1.29, 1.82) is 0 Å². The molecule has 1 aliphatic heterocycles. The lowest BCUT2D eigenvalue weighted by molar-refractivity contribution is -0.163. The molecule has 5 aliphatic rings. The van der Waals surface area contributed by atoms with Gasteiger partial charge in [0.1, 0.15) is 0 Å². The Bertz CT molecular complexity index is 1020. The maximum atomic E-state index is 13.4. The Morgan fingerprint density at radius 2 is 1.60 bits per heavy atom. The molecule has 0 bridgehead atoms. The van der Waals surface area contributed by atoms with Crippen molar-refractivity contribution in [1.82, 2.24) is 5.32 Å². The number of phosphoric acid groups is 1. The van der Waals surface area contributed by atoms with E-state index in [2.05, 4.69) is 59.9 Å². The fourth-order valence-electron chi connectivity index (χ4n) is 11.4. The molecule has 0 aromatic heterocycles. The summed E-state index contributed by atoms with van der Waals surface area (Å²) >= 11 is 0. The van der Waals surface area contributed by atoms with E-state index in [1.807, 2.05) is 13.8 Å². The second-order valence-electron chi connectivity index (χ2n) is 15.8. The highest BCUT2D eigenvalue weighted by molar-refractivity contribution is 7.48. The molecule has 0 amide bonds. The van der Waals surface area contributed by atoms with Crippen LogP contribution in [0.5, 0.6) is 0 Å². The number of hydrogen-bond acceptors (Lipinski definition) is 5. The van der Waals surface area contributed by atoms with Gasteiger partial charge in [-0.05, 0) is 138 Å². The molecule has 1 unspecified atom stereocenters. The fraction of sp³-hybridized carbons (Fsp3) is 0.941. The molecule has 1 N–H and O–H groups in total. The first-order valence-corrected chi connectivity index (χ1v) is 18.2. The topological polar surface area (TPSA) is 56.8 Å². The van der Waals surface area contributed by atoms with Crippen LogP contribution >= 0.6 is 7.82 Å². The average Bonchev–Trinajstić information content (AvgIpc) is 3.00. The summed E-state index contributed by atoms with van der Waals surface area (Å²) in [6.07, 6.45) is 13.9. The summed E-state index contributed by atoms with van der Waals surface area (Å²) in [4.78, 5) is 0. The predicted octanol–water partition coefficient (Wildman–Crippen LogP) is 9.18. The molecule has 0 radical (unpaired) electrons. The third-order valence-electron chi connectivity index (χ3n) is 13.9. The van der Waals surface area contributed by atoms with E-state index in [9.17, 15) is 4.57 Å². The van der Waals surface area contributed by atoms with Gasteiger partial charge in [-0.2, -0.15) is 0 Å². The predicted molar refractivity (Wildman–Crippen MR) is 164 cm³/mol. The molecular formula is C34H60NO4P. The van der Waals surface area contributed by atoms with Gasteiger partial charge < -0.3 is 5.32 Å². The molecule has 6 heteroatoms. The molecule has 5 rings (SSSR count). The fourth-order valence-corrected chi connectivity index (χ4v) is 12.7. The van der Waals surface area contributed by atoms with Crippen molar-refractivity contribution in [3.63, 3.8) is 0 Å². The van der Waals surface area contributed by atoms with Crippen molar-refractivity contribution in [3.8, 4) is 0 Å². The minimum Gasteiger partial charge on any atom is -0.311 e. The van der Waals surface area contributed by atoms with E-state index in [0.29, 0.717) is 54.3 Å². The third-order valence-corrected chi connectivity index (χ3v) is 15.4. The lowest BCUT2D eigenvalue weighted by Gasteiger charge is -2.70. The molecule has 3 saturated carbocycles. The maximum Gasteiger partial charge on any atom is 0.474 e. The zero-order valence-electron chi connectivity index (χ0n) is 27.2. The molecule has 0 aromatic rings. The quantitative estimate of drug-likeness (QED) is 0.241. The molecule has 4 aliphatic carbocycles. The van der Waals surface area contributed by atoms with Gasteiger partial charge in [0.25, 0.3) is 0 Å². The van der Waals surface area contributed by atoms with Crippen molar-refractivity contribution in [3.05, 3.63) is 11.6 Å². The van der Waals surface area contributed by atoms with Crippen LogP contribution in [-0.4, -0.2) is 31.9 Å². The van der Waals surface area contributed by atoms with Gasteiger partial charge in [-0.1, -0.05) is 46.3 Å². The van der Waals surface area contributed by atoms with Crippen molar-refractivity contribution in [2.45, 2.75) is 126 Å². The van der Waals surface area contributed by atoms with Gasteiger partial charge in [-0.15, -0.1) is 0 Å². The number of allylic oxidation sites excluding steroid dienone is 2. The zero-order chi connectivity index (χ0) is 29.2. The molecule has 0 spiro atoms. The highest BCUT2D eigenvalue weighted by atomic mass is 31.2. The minimum absolute atomic E-state index is 0.000334. The molecule has 4 fully saturated rings. The standard InChI is InChI=1S/C34H60NO4P/c1-10-37-40(36,38-11-2)39-23-34-19-15-24(3)25(4)29(34)26-13-14-28-31(7)17-12-22-35-30(5,6)27(31)16-18-33(28,9)32(26,8)20-21-34/h13,24-25,27-29,35H,10-12,14-23H2,1-9H3/t24-,25+,27+,28-,29?,31+,32-,33-,34-/m1/s1. The van der Waals surface area contributed by atoms with E-state index >= 15 is 0 Å². The van der Waals surface area contributed by atoms with E-state index in [4.69, 9.17) is 13.6 Å². The Balaban J connectivity index is 1.53. The summed E-state index contributed by atoms with van der Waals surface area (Å²) in [5.41, 5.74) is 2.75. The second-order valence-corrected chi connectivity index (χ2v) is 17.5. The van der Waals surface area contributed by atoms with Gasteiger partial charge in [0.2, 0.25) is 0 Å². The Hall–Kier alpha value is -0.190. The Morgan fingerprint density at radius 3 is 2.27 bits per heavy atom. The molecule has 40 heavy (non-hydrogen) atoms. The van der Waals surface area contributed by atoms with Crippen molar-refractivity contribution in [2.24, 2.45) is 51.2 Å². The van der Waals surface area contributed by atoms with Crippen LogP contribution in [-0.2, 0) is 18.1 Å². The highest BCUT2D eigenvalue weighted by Gasteiger charge is 2.67. The monoisotopic (exact) mass is 577 g/mol. The van der Waals surface area contributed by atoms with Crippen LogP contribution in [0.1, 0.15) is 120 Å². The van der Waals surface area contributed by atoms with Crippen molar-refractivity contribution < 1.29 is 18.1 Å². The lowest BCUT2D eigenvalue weighted by Crippen LogP contribution is -2.64. The smallest absolute Gasteiger partial charge is 0.311 e. The summed E-state index contributed by atoms with van der Waals surface area (Å²) in [5, 5.41) is 3.94. The Labute approximate surface area is 246 Å². The van der Waals surface area contributed by atoms with Gasteiger partial charge in [-0.25, -0.2) is 4.57 Å². The van der Waals surface area contributed by atoms with Crippen molar-refractivity contribution >= 4 is 7.82 Å². The van der Waals surface area contributed by atoms with Gasteiger partial charge in [0.05, 0.1) is 19.8 Å². The van der Waals surface area contributed by atoms with Crippen molar-refractivity contribution in [2.75, 3.05) is 26.4 Å². The highest BCUT2D eigenvalue weighted by Crippen LogP contribution is 2.74. The normalized spacial score (nSPS) is 46.7. The minimum atomic E-state index is -3.55. The molecule has 5 nitrogen and oxygen atoms in total. The molecule has 230 valence electrons. The maximum absolute atomic E-state index is 13.4. The van der Waals surface area contributed by atoms with Gasteiger partial charge in [0.15, 0.2) is 0 Å². The summed E-state index contributed by atoms with van der Waals surface area (Å²) in [5.74, 6) is 3.15. The molecule has 9 atom stereocenters. The average molecular weight is 578 g/mol. The van der Waals surface area contributed by atoms with E-state index in [0.717, 1.165) is 25.3 Å². The van der Waals surface area contributed by atoms with Crippen LogP contribution < -0.4 is 5.32 Å². The second kappa shape index (κ2) is 10.8. The summed E-state index contributed by atoms with van der Waals surface area (Å²) in [6, 6.07) is 0. The first-order valence-electron chi connectivity index (χ1n) is 16.7. The number of phosphoric ester groups is 1. The van der Waals surface area contributed by atoms with Gasteiger partial charge in [0, 0.05) is 11.0 Å². The SMILES string of the molecule is CCOP(=O)(OCC)OC[C@]12CC[C@@H](C)[C@H](C)C1C1=CC[C@@H]3[C@@]4(C)CCCNC(C)(C)[C@@H]4CC[C@@]3(C)[C@]1(C)CC2. The van der Waals surface area contributed by atoms with Crippen LogP contribution in [0.15, 0.2) is 11.6 Å². The van der Waals surface area contributed by atoms with E-state index in [1.54, 1.807) is 5.57 Å². The van der Waals surface area contributed by atoms with Crippen LogP contribution in [0.3, 0.4) is 0 Å². The molecule has 1 heterocycles. The van der Waals surface area contributed by atoms with Crippen LogP contribution in [0.2, 0.25) is 0 Å². The van der Waals surface area contributed by atoms with Gasteiger partial charge >= 0.3 is 7.82 Å². The lowest BCUT2D eigenvalue weighted by atomic mass is 9.35. The summed E-state index contributed by atoms with van der Waals surface area (Å²) in [6.45, 7) is 23.9. The Kier molecular flexibility index (Phi) is 8.40. The first kappa shape index (κ1) is 31.2. The molecule has 0 aromatic carbocycles. The zero-order valence-corrected chi connectivity index (χ0v) is 28.1. The number of nitrogens with one attached hydrogen (secondary N) is 1. The molecule has 1 saturated heterocycles. The number of hydrogen-bond donors (Lipinski definition) is 1. The van der Waals surface area contributed by atoms with E-state index in [-0.39, 0.29) is 16.4 Å². The van der Waals surface area contributed by atoms with Gasteiger partial charge in [-0.3, -0.25) is 13.6 Å². The van der Waals surface area contributed by atoms with Crippen LogP contribution in [0.4, 0.5) is 0 Å². The largest absolute Gasteiger partial charge is 0.474 e. The number of fused-ring (bicyclic) bond motifs is 7. The first-order chi connectivity index (χ1) is 18.7. The summed E-state index contributed by atoms with van der Waals surface area (Å²) in [7, 11) is -3.55.